The quantitative estimate of drug-likeness (QED) is 0.759. The molecular weight excluding hydrogens is 370 g/mol. The van der Waals surface area contributed by atoms with Crippen LogP contribution < -0.4 is 0 Å². The summed E-state index contributed by atoms with van der Waals surface area (Å²) in [5.41, 5.74) is 0.0939. The molecule has 0 radical (unpaired) electrons. The summed E-state index contributed by atoms with van der Waals surface area (Å²) in [6.45, 7) is 0.730. The molecule has 0 aromatic heterocycles. The van der Waals surface area contributed by atoms with Gasteiger partial charge in [0.05, 0.1) is 16.5 Å². The molecule has 0 atom stereocenters. The minimum Gasteiger partial charge on any atom is -0.381 e. The van der Waals surface area contributed by atoms with Crippen molar-refractivity contribution in [2.75, 3.05) is 13.2 Å². The molecule has 1 saturated heterocycles. The van der Waals surface area contributed by atoms with E-state index in [2.05, 4.69) is 0 Å². The lowest BCUT2D eigenvalue weighted by Gasteiger charge is -2.35. The minimum atomic E-state index is -1.03. The van der Waals surface area contributed by atoms with Crippen molar-refractivity contribution in [1.82, 2.24) is 5.06 Å². The van der Waals surface area contributed by atoms with Gasteiger partial charge in [-0.1, -0.05) is 40.9 Å². The van der Waals surface area contributed by atoms with Crippen molar-refractivity contribution >= 4 is 29.4 Å². The Labute approximate surface area is 160 Å². The number of rotatable bonds is 3. The van der Waals surface area contributed by atoms with E-state index in [0.29, 0.717) is 41.7 Å². The average molecular weight is 386 g/mol. The van der Waals surface area contributed by atoms with Gasteiger partial charge in [0.15, 0.2) is 0 Å². The Morgan fingerprint density at radius 2 is 1.63 bits per heavy atom. The van der Waals surface area contributed by atoms with E-state index in [-0.39, 0.29) is 11.1 Å². The van der Waals surface area contributed by atoms with Crippen LogP contribution in [0.1, 0.15) is 39.1 Å². The predicted octanol–water partition coefficient (Wildman–Crippen LogP) is 3.14. The average Bonchev–Trinajstić information content (AvgIpc) is 2.94. The van der Waals surface area contributed by atoms with Gasteiger partial charge in [0.2, 0.25) is 0 Å². The van der Waals surface area contributed by atoms with Crippen LogP contribution in [0.25, 0.3) is 0 Å². The van der Waals surface area contributed by atoms with Crippen LogP contribution in [-0.2, 0) is 19.8 Å². The van der Waals surface area contributed by atoms with E-state index in [1.54, 1.807) is 36.4 Å². The Morgan fingerprint density at radius 1 is 1.00 bits per heavy atom. The summed E-state index contributed by atoms with van der Waals surface area (Å²) in [5.74, 6) is -1.95. The van der Waals surface area contributed by atoms with E-state index in [9.17, 15) is 14.4 Å². The van der Waals surface area contributed by atoms with Crippen molar-refractivity contribution in [2.24, 2.45) is 0 Å². The summed E-state index contributed by atoms with van der Waals surface area (Å²) < 4.78 is 5.40. The third-order valence-corrected chi connectivity index (χ3v) is 5.28. The van der Waals surface area contributed by atoms with E-state index in [1.807, 2.05) is 0 Å². The van der Waals surface area contributed by atoms with Gasteiger partial charge in [-0.15, -0.1) is 0 Å². The normalized spacial score (nSPS) is 18.3. The number of amides is 2. The van der Waals surface area contributed by atoms with Crippen molar-refractivity contribution in [1.29, 1.82) is 0 Å². The van der Waals surface area contributed by atoms with Gasteiger partial charge in [0.1, 0.15) is 0 Å². The van der Waals surface area contributed by atoms with Gasteiger partial charge in [0, 0.05) is 18.2 Å². The van der Waals surface area contributed by atoms with Crippen molar-refractivity contribution in [3.8, 4) is 0 Å². The summed E-state index contributed by atoms with van der Waals surface area (Å²) in [7, 11) is 0. The number of imide groups is 1. The van der Waals surface area contributed by atoms with Crippen LogP contribution in [0.15, 0.2) is 48.5 Å². The second-order valence-corrected chi connectivity index (χ2v) is 6.97. The number of nitrogens with zero attached hydrogens (tertiary/aromatic N) is 1. The zero-order valence-corrected chi connectivity index (χ0v) is 15.1. The molecule has 0 unspecified atom stereocenters. The topological polar surface area (TPSA) is 72.9 Å². The molecule has 2 amide bonds. The number of carbonyl (C=O) groups excluding carboxylic acids is 3. The molecule has 0 spiro atoms. The molecule has 27 heavy (non-hydrogen) atoms. The Morgan fingerprint density at radius 3 is 2.22 bits per heavy atom. The molecule has 0 bridgehead atoms. The molecule has 7 heteroatoms. The Bertz CT molecular complexity index is 900. The van der Waals surface area contributed by atoms with Crippen LogP contribution >= 0.6 is 11.6 Å². The smallest absolute Gasteiger partial charge is 0.343 e. The van der Waals surface area contributed by atoms with Crippen molar-refractivity contribution in [3.05, 3.63) is 70.2 Å². The molecule has 2 aliphatic heterocycles. The van der Waals surface area contributed by atoms with Gasteiger partial charge in [-0.2, -0.15) is 0 Å². The van der Waals surface area contributed by atoms with E-state index in [1.165, 1.54) is 12.1 Å². The predicted molar refractivity (Wildman–Crippen MR) is 96.2 cm³/mol. The highest BCUT2D eigenvalue weighted by Gasteiger charge is 2.47. The standard InChI is InChI=1S/C20H16ClNO5/c21-14-5-3-4-13(12-14)20(8-10-26-11-9-20)19(25)27-22-17(23)15-6-1-2-7-16(15)18(22)24/h1-7,12H,8-11H2. The molecule has 2 heterocycles. The number of fused-ring (bicyclic) bond motifs is 1. The summed E-state index contributed by atoms with van der Waals surface area (Å²) in [4.78, 5) is 43.5. The number of hydrogen-bond donors (Lipinski definition) is 0. The third kappa shape index (κ3) is 2.91. The number of benzene rings is 2. The van der Waals surface area contributed by atoms with Gasteiger partial charge >= 0.3 is 5.97 Å². The first-order valence-corrected chi connectivity index (χ1v) is 8.95. The lowest BCUT2D eigenvalue weighted by atomic mass is 9.74. The highest BCUT2D eigenvalue weighted by Crippen LogP contribution is 2.38. The molecule has 138 valence electrons. The highest BCUT2D eigenvalue weighted by molar-refractivity contribution is 6.30. The Kier molecular flexibility index (Phi) is 4.45. The number of carbonyl (C=O) groups is 3. The van der Waals surface area contributed by atoms with Crippen LogP contribution in [0.5, 0.6) is 0 Å². The van der Waals surface area contributed by atoms with Crippen molar-refractivity contribution in [2.45, 2.75) is 18.3 Å². The van der Waals surface area contributed by atoms with Gasteiger partial charge in [-0.05, 0) is 42.7 Å². The van der Waals surface area contributed by atoms with Crippen molar-refractivity contribution < 1.29 is 24.0 Å². The van der Waals surface area contributed by atoms with Gasteiger partial charge in [0.25, 0.3) is 11.8 Å². The maximum atomic E-state index is 13.2. The van der Waals surface area contributed by atoms with E-state index < -0.39 is 23.2 Å². The molecule has 2 aliphatic rings. The molecule has 0 N–H and O–H groups in total. The Balaban J connectivity index is 1.66. The fourth-order valence-corrected chi connectivity index (χ4v) is 3.73. The van der Waals surface area contributed by atoms with Crippen molar-refractivity contribution in [3.63, 3.8) is 0 Å². The van der Waals surface area contributed by atoms with Crippen LogP contribution in [0, 0.1) is 0 Å². The van der Waals surface area contributed by atoms with Crippen LogP contribution in [0.3, 0.4) is 0 Å². The molecule has 0 aliphatic carbocycles. The maximum Gasteiger partial charge on any atom is 0.343 e. The van der Waals surface area contributed by atoms with Gasteiger partial charge < -0.3 is 9.57 Å². The molecule has 4 rings (SSSR count). The van der Waals surface area contributed by atoms with Gasteiger partial charge in [-0.3, -0.25) is 9.59 Å². The Hall–Kier alpha value is -2.70. The SMILES string of the molecule is O=C1c2ccccc2C(=O)N1OC(=O)C1(c2cccc(Cl)c2)CCOCC1. The summed E-state index contributed by atoms with van der Waals surface area (Å²) >= 11 is 6.11. The molecule has 2 aromatic rings. The molecule has 6 nitrogen and oxygen atoms in total. The molecular formula is C20H16ClNO5. The second-order valence-electron chi connectivity index (χ2n) is 6.53. The largest absolute Gasteiger partial charge is 0.381 e. The monoisotopic (exact) mass is 385 g/mol. The van der Waals surface area contributed by atoms with Crippen LogP contribution in [0.4, 0.5) is 0 Å². The van der Waals surface area contributed by atoms with E-state index in [4.69, 9.17) is 21.2 Å². The molecule has 0 saturated carbocycles. The lowest BCUT2D eigenvalue weighted by molar-refractivity contribution is -0.179. The van der Waals surface area contributed by atoms with E-state index in [0.717, 1.165) is 0 Å². The number of halogens is 1. The minimum absolute atomic E-state index is 0.221. The number of ether oxygens (including phenoxy) is 1. The summed E-state index contributed by atoms with van der Waals surface area (Å²) in [6, 6.07) is 13.3. The number of hydrogen-bond acceptors (Lipinski definition) is 5. The lowest BCUT2D eigenvalue weighted by Crippen LogP contribution is -2.46. The third-order valence-electron chi connectivity index (χ3n) is 5.05. The van der Waals surface area contributed by atoms with Crippen LogP contribution in [0.2, 0.25) is 5.02 Å². The van der Waals surface area contributed by atoms with Gasteiger partial charge in [-0.25, -0.2) is 4.79 Å². The zero-order chi connectivity index (χ0) is 19.0. The summed E-state index contributed by atoms with van der Waals surface area (Å²) in [6.07, 6.45) is 0.741. The highest BCUT2D eigenvalue weighted by atomic mass is 35.5. The number of hydroxylamine groups is 2. The molecule has 2 aromatic carbocycles. The second kappa shape index (κ2) is 6.79. The van der Waals surface area contributed by atoms with Crippen LogP contribution in [-0.4, -0.2) is 36.1 Å². The molecule has 1 fully saturated rings. The summed E-state index contributed by atoms with van der Waals surface area (Å²) in [5, 5.41) is 1.04. The zero-order valence-electron chi connectivity index (χ0n) is 14.3. The first-order chi connectivity index (χ1) is 13.0. The first-order valence-electron chi connectivity index (χ1n) is 8.57. The maximum absolute atomic E-state index is 13.2. The van der Waals surface area contributed by atoms with E-state index >= 15 is 0 Å². The fourth-order valence-electron chi connectivity index (χ4n) is 3.54. The first kappa shape index (κ1) is 17.7. The fraction of sp³-hybridized carbons (Fsp3) is 0.250.